The fraction of sp³-hybridized carbons (Fsp3) is 0. The van der Waals surface area contributed by atoms with Crippen molar-refractivity contribution in [2.24, 2.45) is 0 Å². The van der Waals surface area contributed by atoms with Crippen molar-refractivity contribution in [2.45, 2.75) is 9.79 Å². The summed E-state index contributed by atoms with van der Waals surface area (Å²) in [6, 6.07) is 15.0. The van der Waals surface area contributed by atoms with Gasteiger partial charge in [-0.2, -0.15) is 5.26 Å². The van der Waals surface area contributed by atoms with Crippen molar-refractivity contribution in [2.75, 3.05) is 0 Å². The summed E-state index contributed by atoms with van der Waals surface area (Å²) in [6.45, 7) is 0. The van der Waals surface area contributed by atoms with E-state index in [0.29, 0.717) is 15.6 Å². The van der Waals surface area contributed by atoms with E-state index in [0.717, 1.165) is 9.79 Å². The highest BCUT2D eigenvalue weighted by atomic mass is 35.5. The van der Waals surface area contributed by atoms with Gasteiger partial charge in [0.25, 0.3) is 0 Å². The van der Waals surface area contributed by atoms with Crippen LogP contribution < -0.4 is 0 Å². The number of rotatable bonds is 2. The standard InChI is InChI=1S/C13H7Cl2NS/c14-9-4-6-10(7-5-9)17-13-3-1-2-12(15)11(13)8-16/h1-7H. The second kappa shape index (κ2) is 5.46. The van der Waals surface area contributed by atoms with E-state index in [9.17, 15) is 0 Å². The molecule has 0 bridgehead atoms. The van der Waals surface area contributed by atoms with Gasteiger partial charge in [-0.15, -0.1) is 0 Å². The zero-order chi connectivity index (χ0) is 12.3. The van der Waals surface area contributed by atoms with Crippen LogP contribution in [0.15, 0.2) is 52.3 Å². The molecule has 1 nitrogen and oxygen atoms in total. The molecule has 0 aliphatic rings. The predicted molar refractivity (Wildman–Crippen MR) is 71.7 cm³/mol. The highest BCUT2D eigenvalue weighted by Crippen LogP contribution is 2.33. The molecule has 0 saturated heterocycles. The van der Waals surface area contributed by atoms with E-state index in [1.54, 1.807) is 6.07 Å². The molecule has 0 amide bonds. The van der Waals surface area contributed by atoms with E-state index in [2.05, 4.69) is 6.07 Å². The van der Waals surface area contributed by atoms with Gasteiger partial charge in [-0.05, 0) is 36.4 Å². The van der Waals surface area contributed by atoms with Gasteiger partial charge in [0.2, 0.25) is 0 Å². The zero-order valence-electron chi connectivity index (χ0n) is 8.65. The first-order valence-electron chi connectivity index (χ1n) is 4.83. The Hall–Kier alpha value is -1.14. The molecular formula is C13H7Cl2NS. The Morgan fingerprint density at radius 2 is 1.71 bits per heavy atom. The Labute approximate surface area is 114 Å². The average Bonchev–Trinajstić information content (AvgIpc) is 2.32. The van der Waals surface area contributed by atoms with Crippen molar-refractivity contribution in [3.05, 3.63) is 58.1 Å². The van der Waals surface area contributed by atoms with E-state index >= 15 is 0 Å². The normalized spacial score (nSPS) is 9.94. The molecule has 17 heavy (non-hydrogen) atoms. The first-order chi connectivity index (χ1) is 8.20. The summed E-state index contributed by atoms with van der Waals surface area (Å²) in [5.74, 6) is 0. The van der Waals surface area contributed by atoms with E-state index < -0.39 is 0 Å². The minimum atomic E-state index is 0.478. The first kappa shape index (κ1) is 12.3. The Bertz CT molecular complexity index is 573. The van der Waals surface area contributed by atoms with Crippen LogP contribution in [-0.2, 0) is 0 Å². The Balaban J connectivity index is 2.34. The highest BCUT2D eigenvalue weighted by Gasteiger charge is 2.07. The molecule has 0 fully saturated rings. The van der Waals surface area contributed by atoms with Crippen molar-refractivity contribution in [3.63, 3.8) is 0 Å². The fourth-order valence-electron chi connectivity index (χ4n) is 1.33. The SMILES string of the molecule is N#Cc1c(Cl)cccc1Sc1ccc(Cl)cc1. The molecule has 0 atom stereocenters. The first-order valence-corrected chi connectivity index (χ1v) is 6.40. The lowest BCUT2D eigenvalue weighted by Crippen LogP contribution is -1.82. The van der Waals surface area contributed by atoms with Gasteiger partial charge in [-0.1, -0.05) is 41.0 Å². The van der Waals surface area contributed by atoms with Crippen molar-refractivity contribution in [1.82, 2.24) is 0 Å². The lowest BCUT2D eigenvalue weighted by atomic mass is 10.2. The van der Waals surface area contributed by atoms with Gasteiger partial charge >= 0.3 is 0 Å². The molecule has 2 rings (SSSR count). The minimum Gasteiger partial charge on any atom is -0.192 e. The molecule has 0 unspecified atom stereocenters. The summed E-state index contributed by atoms with van der Waals surface area (Å²) in [7, 11) is 0. The Morgan fingerprint density at radius 1 is 1.00 bits per heavy atom. The molecule has 0 saturated carbocycles. The van der Waals surface area contributed by atoms with Gasteiger partial charge in [0.15, 0.2) is 0 Å². The topological polar surface area (TPSA) is 23.8 Å². The largest absolute Gasteiger partial charge is 0.192 e. The molecule has 2 aromatic rings. The Kier molecular flexibility index (Phi) is 3.96. The van der Waals surface area contributed by atoms with Crippen LogP contribution in [0.25, 0.3) is 0 Å². The quantitative estimate of drug-likeness (QED) is 0.771. The summed E-state index contributed by atoms with van der Waals surface area (Å²) in [5, 5.41) is 10.2. The predicted octanol–water partition coefficient (Wildman–Crippen LogP) is 5.02. The lowest BCUT2D eigenvalue weighted by Gasteiger charge is -2.05. The van der Waals surface area contributed by atoms with Crippen molar-refractivity contribution < 1.29 is 0 Å². The summed E-state index contributed by atoms with van der Waals surface area (Å²) in [6.07, 6.45) is 0. The van der Waals surface area contributed by atoms with Crippen LogP contribution in [0, 0.1) is 11.3 Å². The summed E-state index contributed by atoms with van der Waals surface area (Å²) >= 11 is 13.3. The van der Waals surface area contributed by atoms with Crippen LogP contribution in [0.4, 0.5) is 0 Å². The van der Waals surface area contributed by atoms with Crippen LogP contribution in [0.3, 0.4) is 0 Å². The molecule has 0 aliphatic carbocycles. The summed E-state index contributed by atoms with van der Waals surface area (Å²) in [5.41, 5.74) is 0.508. The van der Waals surface area contributed by atoms with Gasteiger partial charge in [-0.25, -0.2) is 0 Å². The summed E-state index contributed by atoms with van der Waals surface area (Å²) in [4.78, 5) is 1.87. The van der Waals surface area contributed by atoms with Gasteiger partial charge < -0.3 is 0 Å². The van der Waals surface area contributed by atoms with Gasteiger partial charge in [0, 0.05) is 14.8 Å². The number of nitrogens with zero attached hydrogens (tertiary/aromatic N) is 1. The highest BCUT2D eigenvalue weighted by molar-refractivity contribution is 7.99. The van der Waals surface area contributed by atoms with Crippen molar-refractivity contribution >= 4 is 35.0 Å². The van der Waals surface area contributed by atoms with Crippen LogP contribution in [0.1, 0.15) is 5.56 Å². The third kappa shape index (κ3) is 2.95. The van der Waals surface area contributed by atoms with E-state index in [1.165, 1.54) is 11.8 Å². The summed E-state index contributed by atoms with van der Waals surface area (Å²) < 4.78 is 0. The maximum Gasteiger partial charge on any atom is 0.102 e. The van der Waals surface area contributed by atoms with Crippen LogP contribution in [-0.4, -0.2) is 0 Å². The smallest absolute Gasteiger partial charge is 0.102 e. The molecule has 4 heteroatoms. The molecule has 0 heterocycles. The van der Waals surface area contributed by atoms with E-state index in [4.69, 9.17) is 28.5 Å². The third-order valence-corrected chi connectivity index (χ3v) is 3.76. The Morgan fingerprint density at radius 3 is 2.35 bits per heavy atom. The number of nitriles is 1. The molecule has 0 aliphatic heterocycles. The zero-order valence-corrected chi connectivity index (χ0v) is 11.0. The average molecular weight is 280 g/mol. The van der Waals surface area contributed by atoms with Crippen molar-refractivity contribution in [1.29, 1.82) is 5.26 Å². The van der Waals surface area contributed by atoms with Crippen LogP contribution in [0.5, 0.6) is 0 Å². The monoisotopic (exact) mass is 279 g/mol. The molecular weight excluding hydrogens is 273 g/mol. The lowest BCUT2D eigenvalue weighted by molar-refractivity contribution is 1.35. The second-order valence-corrected chi connectivity index (χ2v) is 5.24. The second-order valence-electron chi connectivity index (χ2n) is 3.28. The molecule has 0 spiro atoms. The number of hydrogen-bond acceptors (Lipinski definition) is 2. The van der Waals surface area contributed by atoms with Crippen LogP contribution in [0.2, 0.25) is 10.0 Å². The van der Waals surface area contributed by atoms with Crippen molar-refractivity contribution in [3.8, 4) is 6.07 Å². The minimum absolute atomic E-state index is 0.478. The number of hydrogen-bond donors (Lipinski definition) is 0. The molecule has 2 aromatic carbocycles. The molecule has 0 radical (unpaired) electrons. The van der Waals surface area contributed by atoms with Gasteiger partial charge in [0.05, 0.1) is 10.6 Å². The van der Waals surface area contributed by atoms with Crippen LogP contribution >= 0.6 is 35.0 Å². The maximum absolute atomic E-state index is 9.05. The van der Waals surface area contributed by atoms with E-state index in [1.807, 2.05) is 36.4 Å². The maximum atomic E-state index is 9.05. The van der Waals surface area contributed by atoms with Gasteiger partial charge in [-0.3, -0.25) is 0 Å². The fourth-order valence-corrected chi connectivity index (χ4v) is 2.66. The number of halogens is 2. The van der Waals surface area contributed by atoms with E-state index in [-0.39, 0.29) is 0 Å². The third-order valence-electron chi connectivity index (χ3n) is 2.13. The number of benzene rings is 2. The molecule has 84 valence electrons. The molecule has 0 N–H and O–H groups in total. The van der Waals surface area contributed by atoms with Gasteiger partial charge in [0.1, 0.15) is 6.07 Å². The molecule has 0 aromatic heterocycles.